The summed E-state index contributed by atoms with van der Waals surface area (Å²) in [7, 11) is 0. The highest BCUT2D eigenvalue weighted by Crippen LogP contribution is 2.25. The van der Waals surface area contributed by atoms with Crippen LogP contribution in [0.2, 0.25) is 10.0 Å². The third-order valence-corrected chi connectivity index (χ3v) is 4.18. The zero-order chi connectivity index (χ0) is 15.2. The van der Waals surface area contributed by atoms with Crippen molar-refractivity contribution in [2.75, 3.05) is 6.54 Å². The largest absolute Gasteiger partial charge is 0.310 e. The van der Waals surface area contributed by atoms with Gasteiger partial charge in [-0.3, -0.25) is 4.68 Å². The molecule has 114 valence electrons. The van der Waals surface area contributed by atoms with Crippen LogP contribution in [0.1, 0.15) is 37.4 Å². The van der Waals surface area contributed by atoms with Crippen molar-refractivity contribution in [3.05, 3.63) is 51.8 Å². The quantitative estimate of drug-likeness (QED) is 0.812. The summed E-state index contributed by atoms with van der Waals surface area (Å²) < 4.78 is 1.95. The monoisotopic (exact) mass is 325 g/mol. The second-order valence-electron chi connectivity index (χ2n) is 5.09. The van der Waals surface area contributed by atoms with E-state index >= 15 is 0 Å². The van der Waals surface area contributed by atoms with Crippen molar-refractivity contribution in [2.45, 2.75) is 39.3 Å². The Bertz CT molecular complexity index is 581. The lowest BCUT2D eigenvalue weighted by molar-refractivity contribution is 0.528. The number of aromatic nitrogens is 2. The number of halogens is 2. The van der Waals surface area contributed by atoms with Crippen LogP contribution in [0.15, 0.2) is 30.6 Å². The molecule has 0 saturated carbocycles. The molecule has 0 bridgehead atoms. The standard InChI is InChI=1S/C16H21Cl2N3/c1-3-7-19-16(13-10-20-21(4-2)11-13)9-12-5-6-14(17)15(18)8-12/h5-6,8,10-11,16,19H,3-4,7,9H2,1-2H3. The number of benzene rings is 1. The molecule has 1 N–H and O–H groups in total. The van der Waals surface area contributed by atoms with Gasteiger partial charge in [-0.1, -0.05) is 36.2 Å². The maximum Gasteiger partial charge on any atom is 0.0595 e. The second kappa shape index (κ2) is 7.83. The van der Waals surface area contributed by atoms with Crippen LogP contribution in [0, 0.1) is 0 Å². The zero-order valence-corrected chi connectivity index (χ0v) is 14.0. The molecular formula is C16H21Cl2N3. The van der Waals surface area contributed by atoms with Crippen LogP contribution in [-0.2, 0) is 13.0 Å². The van der Waals surface area contributed by atoms with Crippen LogP contribution in [-0.4, -0.2) is 16.3 Å². The Morgan fingerprint density at radius 2 is 2.05 bits per heavy atom. The van der Waals surface area contributed by atoms with Gasteiger partial charge in [0.15, 0.2) is 0 Å². The van der Waals surface area contributed by atoms with Gasteiger partial charge in [0.2, 0.25) is 0 Å². The van der Waals surface area contributed by atoms with E-state index in [2.05, 4.69) is 30.5 Å². The molecule has 0 fully saturated rings. The fourth-order valence-electron chi connectivity index (χ4n) is 2.26. The van der Waals surface area contributed by atoms with Gasteiger partial charge in [0.25, 0.3) is 0 Å². The maximum absolute atomic E-state index is 6.11. The maximum atomic E-state index is 6.11. The number of aryl methyl sites for hydroxylation is 1. The molecule has 1 heterocycles. The Morgan fingerprint density at radius 1 is 1.24 bits per heavy atom. The van der Waals surface area contributed by atoms with Gasteiger partial charge in [0, 0.05) is 24.3 Å². The predicted octanol–water partition coefficient (Wildman–Crippen LogP) is 4.49. The van der Waals surface area contributed by atoms with E-state index in [4.69, 9.17) is 23.2 Å². The first kappa shape index (κ1) is 16.3. The normalized spacial score (nSPS) is 12.6. The van der Waals surface area contributed by atoms with Crippen molar-refractivity contribution in [3.63, 3.8) is 0 Å². The van der Waals surface area contributed by atoms with Crippen molar-refractivity contribution in [1.82, 2.24) is 15.1 Å². The van der Waals surface area contributed by atoms with E-state index < -0.39 is 0 Å². The Kier molecular flexibility index (Phi) is 6.09. The molecule has 3 nitrogen and oxygen atoms in total. The molecule has 0 saturated heterocycles. The van der Waals surface area contributed by atoms with E-state index in [0.717, 1.165) is 25.9 Å². The molecule has 0 spiro atoms. The number of rotatable bonds is 7. The molecule has 2 aromatic rings. The first-order valence-electron chi connectivity index (χ1n) is 7.33. The van der Waals surface area contributed by atoms with Crippen molar-refractivity contribution < 1.29 is 0 Å². The summed E-state index contributed by atoms with van der Waals surface area (Å²) in [5, 5.41) is 9.14. The lowest BCUT2D eigenvalue weighted by Crippen LogP contribution is -2.23. The van der Waals surface area contributed by atoms with Crippen molar-refractivity contribution in [3.8, 4) is 0 Å². The molecule has 1 aromatic heterocycles. The minimum atomic E-state index is 0.238. The van der Waals surface area contributed by atoms with Crippen LogP contribution in [0.4, 0.5) is 0 Å². The van der Waals surface area contributed by atoms with Crippen LogP contribution in [0.25, 0.3) is 0 Å². The van der Waals surface area contributed by atoms with Gasteiger partial charge >= 0.3 is 0 Å². The van der Waals surface area contributed by atoms with Gasteiger partial charge in [0.05, 0.1) is 16.2 Å². The topological polar surface area (TPSA) is 29.9 Å². The minimum absolute atomic E-state index is 0.238. The Morgan fingerprint density at radius 3 is 2.67 bits per heavy atom. The van der Waals surface area contributed by atoms with Crippen LogP contribution >= 0.6 is 23.2 Å². The predicted molar refractivity (Wildman–Crippen MR) is 89.1 cm³/mol. The fraction of sp³-hybridized carbons (Fsp3) is 0.438. The molecule has 1 unspecified atom stereocenters. The van der Waals surface area contributed by atoms with Gasteiger partial charge in [-0.25, -0.2) is 0 Å². The highest BCUT2D eigenvalue weighted by molar-refractivity contribution is 6.42. The lowest BCUT2D eigenvalue weighted by Gasteiger charge is -2.17. The molecule has 0 aliphatic heterocycles. The molecule has 2 rings (SSSR count). The summed E-state index contributed by atoms with van der Waals surface area (Å²) in [6.45, 7) is 6.11. The molecule has 0 amide bonds. The van der Waals surface area contributed by atoms with E-state index in [0.29, 0.717) is 10.0 Å². The SMILES string of the molecule is CCCNC(Cc1ccc(Cl)c(Cl)c1)c1cnn(CC)c1. The van der Waals surface area contributed by atoms with Crippen molar-refractivity contribution in [2.24, 2.45) is 0 Å². The molecule has 0 radical (unpaired) electrons. The first-order chi connectivity index (χ1) is 10.1. The molecule has 1 aromatic carbocycles. The first-order valence-corrected chi connectivity index (χ1v) is 8.09. The van der Waals surface area contributed by atoms with Gasteiger partial charge in [-0.05, 0) is 44.0 Å². The van der Waals surface area contributed by atoms with Crippen LogP contribution < -0.4 is 5.32 Å². The van der Waals surface area contributed by atoms with Gasteiger partial charge in [0.1, 0.15) is 0 Å². The highest BCUT2D eigenvalue weighted by Gasteiger charge is 2.14. The summed E-state index contributed by atoms with van der Waals surface area (Å²) in [5.74, 6) is 0. The fourth-order valence-corrected chi connectivity index (χ4v) is 2.58. The smallest absolute Gasteiger partial charge is 0.0595 e. The summed E-state index contributed by atoms with van der Waals surface area (Å²) in [5.41, 5.74) is 2.37. The Labute approximate surface area is 136 Å². The summed E-state index contributed by atoms with van der Waals surface area (Å²) in [6.07, 6.45) is 6.01. The number of hydrogen-bond donors (Lipinski definition) is 1. The summed E-state index contributed by atoms with van der Waals surface area (Å²) >= 11 is 12.1. The van der Waals surface area contributed by atoms with E-state index in [-0.39, 0.29) is 6.04 Å². The van der Waals surface area contributed by atoms with E-state index in [1.54, 1.807) is 0 Å². The molecule has 5 heteroatoms. The van der Waals surface area contributed by atoms with Gasteiger partial charge in [-0.2, -0.15) is 5.10 Å². The molecule has 1 atom stereocenters. The average Bonchev–Trinajstić information content (AvgIpc) is 2.96. The Hall–Kier alpha value is -1.03. The van der Waals surface area contributed by atoms with E-state index in [9.17, 15) is 0 Å². The van der Waals surface area contributed by atoms with Crippen molar-refractivity contribution in [1.29, 1.82) is 0 Å². The van der Waals surface area contributed by atoms with Crippen molar-refractivity contribution >= 4 is 23.2 Å². The lowest BCUT2D eigenvalue weighted by atomic mass is 10.0. The van der Waals surface area contributed by atoms with Gasteiger partial charge < -0.3 is 5.32 Å². The zero-order valence-electron chi connectivity index (χ0n) is 12.4. The van der Waals surface area contributed by atoms with Gasteiger partial charge in [-0.15, -0.1) is 0 Å². The second-order valence-corrected chi connectivity index (χ2v) is 5.90. The van der Waals surface area contributed by atoms with E-state index in [1.807, 2.05) is 29.1 Å². The molecular weight excluding hydrogens is 305 g/mol. The third kappa shape index (κ3) is 4.47. The Balaban J connectivity index is 2.17. The number of nitrogens with one attached hydrogen (secondary N) is 1. The molecule has 0 aliphatic rings. The van der Waals surface area contributed by atoms with Crippen LogP contribution in [0.3, 0.4) is 0 Å². The highest BCUT2D eigenvalue weighted by atomic mass is 35.5. The third-order valence-electron chi connectivity index (χ3n) is 3.44. The average molecular weight is 326 g/mol. The minimum Gasteiger partial charge on any atom is -0.310 e. The molecule has 21 heavy (non-hydrogen) atoms. The summed E-state index contributed by atoms with van der Waals surface area (Å²) in [4.78, 5) is 0. The molecule has 0 aliphatic carbocycles. The summed E-state index contributed by atoms with van der Waals surface area (Å²) in [6, 6.07) is 6.06. The van der Waals surface area contributed by atoms with Crippen LogP contribution in [0.5, 0.6) is 0 Å². The number of nitrogens with zero attached hydrogens (tertiary/aromatic N) is 2. The number of hydrogen-bond acceptors (Lipinski definition) is 2. The van der Waals surface area contributed by atoms with E-state index in [1.165, 1.54) is 11.1 Å².